The first-order chi connectivity index (χ1) is 11.4. The average molecular weight is 310 g/mol. The number of benzene rings is 1. The van der Waals surface area contributed by atoms with E-state index in [0.717, 1.165) is 40.9 Å². The zero-order valence-electron chi connectivity index (χ0n) is 12.7. The van der Waals surface area contributed by atoms with Crippen LogP contribution in [0.25, 0.3) is 22.2 Å². The van der Waals surface area contributed by atoms with Crippen LogP contribution in [0, 0.1) is 0 Å². The van der Waals surface area contributed by atoms with Crippen molar-refractivity contribution in [1.29, 1.82) is 0 Å². The number of hydrogen-bond donors (Lipinski definition) is 1. The molecule has 1 N–H and O–H groups in total. The van der Waals surface area contributed by atoms with Crippen LogP contribution in [-0.2, 0) is 11.3 Å². The topological polar surface area (TPSA) is 65.0 Å². The minimum atomic E-state index is 0.532. The van der Waals surface area contributed by atoms with Gasteiger partial charge in [-0.15, -0.1) is 0 Å². The lowest BCUT2D eigenvalue weighted by atomic mass is 10.1. The van der Waals surface area contributed by atoms with E-state index in [1.165, 1.54) is 0 Å². The van der Waals surface area contributed by atoms with Gasteiger partial charge >= 0.3 is 0 Å². The van der Waals surface area contributed by atoms with Gasteiger partial charge in [0, 0.05) is 23.7 Å². The van der Waals surface area contributed by atoms with Crippen molar-refractivity contribution < 1.29 is 9.47 Å². The average Bonchev–Trinajstić information content (AvgIpc) is 3.18. The predicted octanol–water partition coefficient (Wildman–Crippen LogP) is 2.78. The van der Waals surface area contributed by atoms with Gasteiger partial charge in [0.1, 0.15) is 18.1 Å². The van der Waals surface area contributed by atoms with Crippen molar-refractivity contribution in [3.05, 3.63) is 42.7 Å². The molecule has 0 fully saturated rings. The van der Waals surface area contributed by atoms with Gasteiger partial charge in [-0.2, -0.15) is 10.2 Å². The molecule has 0 amide bonds. The molecule has 3 heterocycles. The lowest BCUT2D eigenvalue weighted by molar-refractivity contribution is 0.121. The molecule has 4 bridgehead atoms. The first-order valence-corrected chi connectivity index (χ1v) is 7.77. The van der Waals surface area contributed by atoms with E-state index in [9.17, 15) is 0 Å². The molecule has 0 unspecified atom stereocenters. The van der Waals surface area contributed by atoms with Crippen molar-refractivity contribution in [3.8, 4) is 17.0 Å². The Bertz CT molecular complexity index is 834. The Balaban J connectivity index is 1.73. The summed E-state index contributed by atoms with van der Waals surface area (Å²) in [5.74, 6) is 0.818. The first-order valence-electron chi connectivity index (χ1n) is 7.77. The van der Waals surface area contributed by atoms with Crippen molar-refractivity contribution >= 4 is 10.9 Å². The Morgan fingerprint density at radius 3 is 3.17 bits per heavy atom. The van der Waals surface area contributed by atoms with E-state index in [-0.39, 0.29) is 0 Å². The standard InChI is InChI=1S/C17H18N4O2/c1-2-6-21-12-13(11-18-21)17-15-10-14(4-5-16(15)19-20-17)23-9-8-22-7-3-1/h1,3-5,10-12H,2,6-9H2,(H,19,20). The maximum Gasteiger partial charge on any atom is 0.120 e. The Hall–Kier alpha value is -2.60. The molecule has 6 heteroatoms. The number of aryl methyl sites for hydroxylation is 1. The number of rotatable bonds is 0. The van der Waals surface area contributed by atoms with E-state index >= 15 is 0 Å². The van der Waals surface area contributed by atoms with Gasteiger partial charge in [-0.3, -0.25) is 9.78 Å². The van der Waals surface area contributed by atoms with Crippen LogP contribution in [0.4, 0.5) is 0 Å². The van der Waals surface area contributed by atoms with Gasteiger partial charge in [0.15, 0.2) is 0 Å². The molecule has 1 aromatic carbocycles. The molecular formula is C17H18N4O2. The van der Waals surface area contributed by atoms with Crippen LogP contribution in [0.2, 0.25) is 0 Å². The summed E-state index contributed by atoms with van der Waals surface area (Å²) in [7, 11) is 0. The smallest absolute Gasteiger partial charge is 0.120 e. The van der Waals surface area contributed by atoms with Crippen molar-refractivity contribution in [2.75, 3.05) is 19.8 Å². The zero-order valence-corrected chi connectivity index (χ0v) is 12.7. The molecule has 118 valence electrons. The van der Waals surface area contributed by atoms with Gasteiger partial charge in [-0.1, -0.05) is 12.2 Å². The predicted molar refractivity (Wildman–Crippen MR) is 87.4 cm³/mol. The maximum absolute atomic E-state index is 5.76. The Morgan fingerprint density at radius 2 is 2.17 bits per heavy atom. The molecule has 23 heavy (non-hydrogen) atoms. The highest BCUT2D eigenvalue weighted by Gasteiger charge is 2.11. The normalized spacial score (nSPS) is 15.8. The zero-order chi connectivity index (χ0) is 15.5. The molecule has 0 aliphatic carbocycles. The van der Waals surface area contributed by atoms with Crippen LogP contribution < -0.4 is 4.74 Å². The van der Waals surface area contributed by atoms with Crippen molar-refractivity contribution in [3.63, 3.8) is 0 Å². The maximum atomic E-state index is 5.76. The fraction of sp³-hybridized carbons (Fsp3) is 0.294. The molecule has 0 radical (unpaired) electrons. The number of aromatic nitrogens is 4. The summed E-state index contributed by atoms with van der Waals surface area (Å²) in [6, 6.07) is 5.94. The fourth-order valence-corrected chi connectivity index (χ4v) is 2.67. The number of ether oxygens (including phenoxy) is 2. The van der Waals surface area contributed by atoms with Crippen molar-refractivity contribution in [2.45, 2.75) is 13.0 Å². The van der Waals surface area contributed by atoms with E-state index in [1.807, 2.05) is 41.4 Å². The molecule has 1 aliphatic heterocycles. The largest absolute Gasteiger partial charge is 0.491 e. The van der Waals surface area contributed by atoms with Crippen LogP contribution in [0.5, 0.6) is 5.75 Å². The second-order valence-corrected chi connectivity index (χ2v) is 5.46. The molecule has 2 aromatic heterocycles. The van der Waals surface area contributed by atoms with Gasteiger partial charge in [-0.05, 0) is 24.6 Å². The highest BCUT2D eigenvalue weighted by atomic mass is 16.5. The third-order valence-corrected chi connectivity index (χ3v) is 3.84. The van der Waals surface area contributed by atoms with Crippen LogP contribution in [-0.4, -0.2) is 39.8 Å². The summed E-state index contributed by atoms with van der Waals surface area (Å²) in [4.78, 5) is 0. The Labute approximate surface area is 133 Å². The van der Waals surface area contributed by atoms with Gasteiger partial charge in [0.05, 0.1) is 24.9 Å². The monoisotopic (exact) mass is 310 g/mol. The van der Waals surface area contributed by atoms with Crippen LogP contribution in [0.3, 0.4) is 0 Å². The minimum Gasteiger partial charge on any atom is -0.491 e. The van der Waals surface area contributed by atoms with E-state index in [4.69, 9.17) is 9.47 Å². The number of hydrogen-bond acceptors (Lipinski definition) is 4. The molecule has 3 aromatic rings. The molecule has 1 aliphatic rings. The van der Waals surface area contributed by atoms with Crippen LogP contribution in [0.15, 0.2) is 42.7 Å². The van der Waals surface area contributed by atoms with Gasteiger partial charge in [-0.25, -0.2) is 0 Å². The second kappa shape index (κ2) is 6.26. The quantitative estimate of drug-likeness (QED) is 0.648. The molecule has 0 saturated carbocycles. The number of nitrogens with one attached hydrogen (secondary N) is 1. The number of aromatic amines is 1. The third-order valence-electron chi connectivity index (χ3n) is 3.84. The van der Waals surface area contributed by atoms with E-state index in [1.54, 1.807) is 0 Å². The summed E-state index contributed by atoms with van der Waals surface area (Å²) in [5, 5.41) is 13.0. The van der Waals surface area contributed by atoms with Gasteiger partial charge < -0.3 is 9.47 Å². The minimum absolute atomic E-state index is 0.532. The third kappa shape index (κ3) is 2.98. The number of nitrogens with zero attached hydrogens (tertiary/aromatic N) is 3. The van der Waals surface area contributed by atoms with Crippen LogP contribution >= 0.6 is 0 Å². The Morgan fingerprint density at radius 1 is 1.17 bits per heavy atom. The first kappa shape index (κ1) is 14.0. The summed E-state index contributed by atoms with van der Waals surface area (Å²) < 4.78 is 13.2. The van der Waals surface area contributed by atoms with Gasteiger partial charge in [0.2, 0.25) is 0 Å². The molecule has 6 nitrogen and oxygen atoms in total. The summed E-state index contributed by atoms with van der Waals surface area (Å²) in [6.45, 7) is 2.55. The number of H-pyrrole nitrogens is 1. The molecular weight excluding hydrogens is 292 g/mol. The van der Waals surface area contributed by atoms with E-state index in [2.05, 4.69) is 21.4 Å². The molecule has 0 spiro atoms. The number of allylic oxidation sites excluding steroid dienone is 1. The lowest BCUT2D eigenvalue weighted by Crippen LogP contribution is -2.06. The highest BCUT2D eigenvalue weighted by Crippen LogP contribution is 2.29. The second-order valence-electron chi connectivity index (χ2n) is 5.46. The molecule has 0 atom stereocenters. The SMILES string of the molecule is C1=CCOCCOc2ccc3[nH]nc(c3c2)-c2cnn(c2)CC1. The number of fused-ring (bicyclic) bond motifs is 4. The Kier molecular flexibility index (Phi) is 3.81. The van der Waals surface area contributed by atoms with E-state index < -0.39 is 0 Å². The van der Waals surface area contributed by atoms with Crippen LogP contribution in [0.1, 0.15) is 6.42 Å². The summed E-state index contributed by atoms with van der Waals surface area (Å²) >= 11 is 0. The highest BCUT2D eigenvalue weighted by molar-refractivity contribution is 5.93. The lowest BCUT2D eigenvalue weighted by Gasteiger charge is -2.06. The fourth-order valence-electron chi connectivity index (χ4n) is 2.67. The molecule has 4 rings (SSSR count). The molecule has 0 saturated heterocycles. The van der Waals surface area contributed by atoms with E-state index in [0.29, 0.717) is 19.8 Å². The van der Waals surface area contributed by atoms with Crippen molar-refractivity contribution in [1.82, 2.24) is 20.0 Å². The summed E-state index contributed by atoms with van der Waals surface area (Å²) in [5.41, 5.74) is 2.89. The van der Waals surface area contributed by atoms with Crippen molar-refractivity contribution in [2.24, 2.45) is 0 Å². The summed E-state index contributed by atoms with van der Waals surface area (Å²) in [6.07, 6.45) is 8.96. The van der Waals surface area contributed by atoms with Gasteiger partial charge in [0.25, 0.3) is 0 Å².